The largest absolute Gasteiger partial charge is 0.380 e. The van der Waals surface area contributed by atoms with Crippen molar-refractivity contribution in [3.05, 3.63) is 47.8 Å². The van der Waals surface area contributed by atoms with Crippen LogP contribution in [-0.4, -0.2) is 121 Å². The Morgan fingerprint density at radius 3 is 2.35 bits per heavy atom. The summed E-state index contributed by atoms with van der Waals surface area (Å²) < 4.78 is 11.3. The number of piperidine rings is 1. The molecule has 14 heteroatoms. The van der Waals surface area contributed by atoms with Crippen LogP contribution in [0.2, 0.25) is 0 Å². The molecule has 0 unspecified atom stereocenters. The summed E-state index contributed by atoms with van der Waals surface area (Å²) >= 11 is 0. The van der Waals surface area contributed by atoms with Crippen LogP contribution in [0.5, 0.6) is 0 Å². The molecular weight excluding hydrogens is 588 g/mol. The molecule has 0 saturated carbocycles. The summed E-state index contributed by atoms with van der Waals surface area (Å²) in [6.07, 6.45) is 6.83. The second-order valence-corrected chi connectivity index (χ2v) is 11.9. The van der Waals surface area contributed by atoms with Crippen molar-refractivity contribution in [1.29, 1.82) is 0 Å². The maximum atomic E-state index is 13.0. The van der Waals surface area contributed by atoms with E-state index in [-0.39, 0.29) is 11.9 Å². The lowest BCUT2D eigenvalue weighted by atomic mass is 10.0. The van der Waals surface area contributed by atoms with E-state index in [1.54, 1.807) is 36.7 Å². The van der Waals surface area contributed by atoms with E-state index in [1.165, 1.54) is 0 Å². The lowest BCUT2D eigenvalue weighted by molar-refractivity contribution is 0.0663. The van der Waals surface area contributed by atoms with E-state index < -0.39 is 6.03 Å². The highest BCUT2D eigenvalue weighted by molar-refractivity contribution is 5.99. The number of ether oxygens (including phenoxy) is 2. The Morgan fingerprint density at radius 2 is 1.63 bits per heavy atom. The molecule has 3 aliphatic rings. The molecule has 0 aliphatic carbocycles. The molecule has 6 rings (SSSR count). The van der Waals surface area contributed by atoms with Crippen molar-refractivity contribution < 1.29 is 19.1 Å². The highest BCUT2D eigenvalue weighted by atomic mass is 16.5. The summed E-state index contributed by atoms with van der Waals surface area (Å²) in [5, 5.41) is 8.87. The Kier molecular flexibility index (Phi) is 10.2. The van der Waals surface area contributed by atoms with E-state index in [9.17, 15) is 9.59 Å². The number of carbonyl (C=O) groups excluding carboxylic acids is 2. The molecule has 3 N–H and O–H groups in total. The van der Waals surface area contributed by atoms with Crippen LogP contribution >= 0.6 is 0 Å². The van der Waals surface area contributed by atoms with Gasteiger partial charge >= 0.3 is 6.03 Å². The van der Waals surface area contributed by atoms with Crippen LogP contribution in [0.1, 0.15) is 35.2 Å². The SMILES string of the molecule is CN(C)C1CCN(C(=O)c2ccc(NC(=O)Nc3ncc(-c4nc5c(c(N6CCOCC6)n4)CCCOCCN5)cn3)cc2)CC1. The zero-order valence-corrected chi connectivity index (χ0v) is 26.5. The fraction of sp³-hybridized carbons (Fsp3) is 0.500. The number of anilines is 4. The molecule has 1 aromatic carbocycles. The molecule has 46 heavy (non-hydrogen) atoms. The first-order chi connectivity index (χ1) is 22.4. The minimum atomic E-state index is -0.494. The van der Waals surface area contributed by atoms with Gasteiger partial charge in [0.25, 0.3) is 5.91 Å². The number of hydrogen-bond acceptors (Lipinski definition) is 11. The van der Waals surface area contributed by atoms with Crippen molar-refractivity contribution in [1.82, 2.24) is 29.7 Å². The van der Waals surface area contributed by atoms with Crippen LogP contribution in [0.3, 0.4) is 0 Å². The number of benzene rings is 1. The van der Waals surface area contributed by atoms with Gasteiger partial charge in [0.2, 0.25) is 5.95 Å². The highest BCUT2D eigenvalue weighted by Crippen LogP contribution is 2.30. The molecule has 0 atom stereocenters. The molecule has 3 aliphatic heterocycles. The molecule has 5 heterocycles. The maximum Gasteiger partial charge on any atom is 0.326 e. The smallest absolute Gasteiger partial charge is 0.326 e. The fourth-order valence-corrected chi connectivity index (χ4v) is 5.95. The predicted molar refractivity (Wildman–Crippen MR) is 175 cm³/mol. The molecule has 3 amide bonds. The van der Waals surface area contributed by atoms with E-state index >= 15 is 0 Å². The van der Waals surface area contributed by atoms with E-state index in [0.29, 0.717) is 61.7 Å². The van der Waals surface area contributed by atoms with Crippen LogP contribution < -0.4 is 20.9 Å². The number of likely N-dealkylation sites (tertiary alicyclic amines) is 1. The van der Waals surface area contributed by atoms with Gasteiger partial charge in [-0.1, -0.05) is 0 Å². The highest BCUT2D eigenvalue weighted by Gasteiger charge is 2.25. The van der Waals surface area contributed by atoms with Gasteiger partial charge in [0.05, 0.1) is 25.4 Å². The Balaban J connectivity index is 1.09. The Hall–Kier alpha value is -4.40. The molecule has 2 saturated heterocycles. The van der Waals surface area contributed by atoms with Gasteiger partial charge in [0, 0.05) is 74.6 Å². The topological polar surface area (TPSA) is 150 Å². The third kappa shape index (κ3) is 7.69. The van der Waals surface area contributed by atoms with Gasteiger partial charge in [-0.3, -0.25) is 10.1 Å². The standard InChI is InChI=1S/C32H42N10O4/c1-40(2)25-9-12-42(13-10-25)30(43)22-5-7-24(8-6-22)36-32(44)39-31-34-20-23(21-35-31)27-37-28-26(4-3-16-45-17-11-33-28)29(38-27)41-14-18-46-19-15-41/h5-8,20-21,25H,3-4,9-19H2,1-2H3,(H,33,37,38)(H2,34,35,36,39,44). The minimum Gasteiger partial charge on any atom is -0.380 e. The summed E-state index contributed by atoms with van der Waals surface area (Å²) in [6.45, 7) is 6.23. The van der Waals surface area contributed by atoms with Crippen LogP contribution in [-0.2, 0) is 15.9 Å². The number of nitrogens with zero attached hydrogens (tertiary/aromatic N) is 7. The average Bonchev–Trinajstić information content (AvgIpc) is 3.21. The predicted octanol–water partition coefficient (Wildman–Crippen LogP) is 2.96. The van der Waals surface area contributed by atoms with Gasteiger partial charge < -0.3 is 34.8 Å². The molecule has 244 valence electrons. The first-order valence-electron chi connectivity index (χ1n) is 16.0. The van der Waals surface area contributed by atoms with Gasteiger partial charge in [0.15, 0.2) is 5.82 Å². The van der Waals surface area contributed by atoms with Crippen molar-refractivity contribution >= 4 is 35.2 Å². The van der Waals surface area contributed by atoms with E-state index in [1.807, 2.05) is 4.90 Å². The molecule has 2 fully saturated rings. The molecule has 3 aromatic rings. The quantitative estimate of drug-likeness (QED) is 0.369. The van der Waals surface area contributed by atoms with E-state index in [2.05, 4.69) is 49.8 Å². The molecular formula is C32H42N10O4. The normalized spacial score (nSPS) is 17.7. The summed E-state index contributed by atoms with van der Waals surface area (Å²) in [6, 6.07) is 6.92. The lowest BCUT2D eigenvalue weighted by Gasteiger charge is -2.35. The Labute approximate surface area is 268 Å². The third-order valence-corrected chi connectivity index (χ3v) is 8.56. The van der Waals surface area contributed by atoms with Gasteiger partial charge in [-0.25, -0.2) is 24.7 Å². The first-order valence-corrected chi connectivity index (χ1v) is 16.0. The van der Waals surface area contributed by atoms with Crippen LogP contribution in [0.25, 0.3) is 11.4 Å². The number of hydrogen-bond donors (Lipinski definition) is 3. The number of rotatable bonds is 6. The second-order valence-electron chi connectivity index (χ2n) is 11.9. The van der Waals surface area contributed by atoms with Crippen LogP contribution in [0.15, 0.2) is 36.7 Å². The molecule has 2 aromatic heterocycles. The summed E-state index contributed by atoms with van der Waals surface area (Å²) in [7, 11) is 4.16. The summed E-state index contributed by atoms with van der Waals surface area (Å²) in [4.78, 5) is 50.5. The van der Waals surface area contributed by atoms with Gasteiger partial charge in [-0.15, -0.1) is 0 Å². The van der Waals surface area contributed by atoms with Gasteiger partial charge in [-0.05, 0) is 64.0 Å². The Morgan fingerprint density at radius 1 is 0.913 bits per heavy atom. The zero-order chi connectivity index (χ0) is 31.9. The maximum absolute atomic E-state index is 13.0. The van der Waals surface area contributed by atoms with Crippen molar-refractivity contribution in [3.63, 3.8) is 0 Å². The monoisotopic (exact) mass is 630 g/mol. The summed E-state index contributed by atoms with van der Waals surface area (Å²) in [5.74, 6) is 2.33. The number of urea groups is 1. The van der Waals surface area contributed by atoms with Crippen LogP contribution in [0, 0.1) is 0 Å². The van der Waals surface area contributed by atoms with Crippen LogP contribution in [0.4, 0.5) is 28.1 Å². The third-order valence-electron chi connectivity index (χ3n) is 8.56. The molecule has 0 spiro atoms. The summed E-state index contributed by atoms with van der Waals surface area (Å²) in [5.41, 5.74) is 2.86. The molecule has 14 nitrogen and oxygen atoms in total. The molecule has 0 radical (unpaired) electrons. The lowest BCUT2D eigenvalue weighted by Crippen LogP contribution is -2.44. The number of carbonyl (C=O) groups is 2. The number of morpholine rings is 1. The number of fused-ring (bicyclic) bond motifs is 1. The average molecular weight is 631 g/mol. The van der Waals surface area contributed by atoms with Crippen molar-refractivity contribution in [2.45, 2.75) is 31.7 Å². The number of nitrogens with one attached hydrogen (secondary N) is 3. The van der Waals surface area contributed by atoms with Gasteiger partial charge in [-0.2, -0.15) is 0 Å². The second kappa shape index (κ2) is 14.8. The fourth-order valence-electron chi connectivity index (χ4n) is 5.95. The van der Waals surface area contributed by atoms with Gasteiger partial charge in [0.1, 0.15) is 11.6 Å². The van der Waals surface area contributed by atoms with E-state index in [4.69, 9.17) is 19.4 Å². The van der Waals surface area contributed by atoms with Crippen molar-refractivity contribution in [3.8, 4) is 11.4 Å². The molecule has 0 bridgehead atoms. The van der Waals surface area contributed by atoms with E-state index in [0.717, 1.165) is 69.1 Å². The minimum absolute atomic E-state index is 0.00743. The number of amides is 3. The number of aromatic nitrogens is 4. The zero-order valence-electron chi connectivity index (χ0n) is 26.5. The Bertz CT molecular complexity index is 1490. The first kappa shape index (κ1) is 31.6. The van der Waals surface area contributed by atoms with Crippen molar-refractivity contribution in [2.75, 3.05) is 94.1 Å². The van der Waals surface area contributed by atoms with Crippen molar-refractivity contribution in [2.24, 2.45) is 0 Å².